The minimum atomic E-state index is -0.921. The van der Waals surface area contributed by atoms with Crippen LogP contribution in [0.5, 0.6) is 0 Å². The van der Waals surface area contributed by atoms with Crippen molar-refractivity contribution in [2.24, 2.45) is 11.0 Å². The first-order valence-corrected chi connectivity index (χ1v) is 6.13. The number of hydrogen-bond donors (Lipinski definition) is 0. The van der Waals surface area contributed by atoms with Crippen molar-refractivity contribution in [3.8, 4) is 0 Å². The van der Waals surface area contributed by atoms with Gasteiger partial charge in [0.2, 0.25) is 0 Å². The zero-order valence-corrected chi connectivity index (χ0v) is 11.9. The van der Waals surface area contributed by atoms with Gasteiger partial charge in [-0.05, 0) is 39.1 Å². The van der Waals surface area contributed by atoms with E-state index in [1.54, 1.807) is 20.8 Å². The molecule has 0 radical (unpaired) electrons. The topological polar surface area (TPSA) is 101 Å². The summed E-state index contributed by atoms with van der Waals surface area (Å²) in [4.78, 5) is 26.1. The Balaban J connectivity index is 4.42. The lowest BCUT2D eigenvalue weighted by Crippen LogP contribution is -2.33. The third-order valence-electron chi connectivity index (χ3n) is 2.24. The van der Waals surface area contributed by atoms with Crippen LogP contribution in [-0.2, 0) is 19.1 Å². The highest BCUT2D eigenvalue weighted by Gasteiger charge is 2.31. The predicted octanol–water partition coefficient (Wildman–Crippen LogP) is 2.60. The standard InChI is InChI=1S/C12H21N3O4/c1-12(2,3)19-11(17)9(10(16)18-4)7-5-6-8-14-15-13/h9H,5-8H2,1-4H3/t9-/m0/s1. The van der Waals surface area contributed by atoms with Crippen LogP contribution in [0, 0.1) is 5.92 Å². The number of esters is 2. The molecule has 0 unspecified atom stereocenters. The Morgan fingerprint density at radius 3 is 2.37 bits per heavy atom. The smallest absolute Gasteiger partial charge is 0.320 e. The lowest BCUT2D eigenvalue weighted by Gasteiger charge is -2.22. The Labute approximate surface area is 112 Å². The lowest BCUT2D eigenvalue weighted by molar-refractivity contribution is -0.168. The zero-order chi connectivity index (χ0) is 14.9. The maximum absolute atomic E-state index is 11.9. The van der Waals surface area contributed by atoms with Crippen molar-refractivity contribution in [1.29, 1.82) is 0 Å². The molecule has 0 aliphatic carbocycles. The van der Waals surface area contributed by atoms with Gasteiger partial charge in [0.1, 0.15) is 5.60 Å². The lowest BCUT2D eigenvalue weighted by atomic mass is 10.0. The maximum Gasteiger partial charge on any atom is 0.320 e. The Morgan fingerprint density at radius 1 is 1.26 bits per heavy atom. The quantitative estimate of drug-likeness (QED) is 0.177. The highest BCUT2D eigenvalue weighted by Crippen LogP contribution is 2.17. The maximum atomic E-state index is 11.9. The van der Waals surface area contributed by atoms with Crippen LogP contribution in [0.1, 0.15) is 40.0 Å². The average molecular weight is 271 g/mol. The molecule has 1 atom stereocenters. The molecule has 0 aliphatic rings. The summed E-state index contributed by atoms with van der Waals surface area (Å²) >= 11 is 0. The minimum Gasteiger partial charge on any atom is -0.468 e. The van der Waals surface area contributed by atoms with Gasteiger partial charge in [0, 0.05) is 11.5 Å². The van der Waals surface area contributed by atoms with Crippen LogP contribution in [0.2, 0.25) is 0 Å². The van der Waals surface area contributed by atoms with Gasteiger partial charge in [0.05, 0.1) is 7.11 Å². The molecule has 0 aromatic rings. The first-order chi connectivity index (χ1) is 8.81. The Bertz CT molecular complexity index is 356. The molecular weight excluding hydrogens is 250 g/mol. The fraction of sp³-hybridized carbons (Fsp3) is 0.833. The molecule has 108 valence electrons. The first kappa shape index (κ1) is 17.2. The van der Waals surface area contributed by atoms with E-state index in [1.165, 1.54) is 7.11 Å². The van der Waals surface area contributed by atoms with E-state index in [0.29, 0.717) is 25.8 Å². The second-order valence-electron chi connectivity index (χ2n) is 5.06. The van der Waals surface area contributed by atoms with Crippen LogP contribution in [-0.4, -0.2) is 31.2 Å². The number of carbonyl (C=O) groups excluding carboxylic acids is 2. The molecule has 0 bridgehead atoms. The zero-order valence-electron chi connectivity index (χ0n) is 11.9. The van der Waals surface area contributed by atoms with Crippen molar-refractivity contribution in [1.82, 2.24) is 0 Å². The monoisotopic (exact) mass is 271 g/mol. The van der Waals surface area contributed by atoms with Gasteiger partial charge >= 0.3 is 11.9 Å². The fourth-order valence-electron chi connectivity index (χ4n) is 1.42. The highest BCUT2D eigenvalue weighted by atomic mass is 16.6. The molecule has 0 fully saturated rings. The summed E-state index contributed by atoms with van der Waals surface area (Å²) in [5.74, 6) is -2.10. The van der Waals surface area contributed by atoms with Crippen molar-refractivity contribution in [2.45, 2.75) is 45.6 Å². The number of nitrogens with zero attached hydrogens (tertiary/aromatic N) is 3. The SMILES string of the molecule is COC(=O)[C@H](CCCCN=[N+]=[N-])C(=O)OC(C)(C)C. The number of unbranched alkanes of at least 4 members (excludes halogenated alkanes) is 1. The van der Waals surface area contributed by atoms with Crippen LogP contribution < -0.4 is 0 Å². The molecule has 7 heteroatoms. The highest BCUT2D eigenvalue weighted by molar-refractivity contribution is 5.94. The Morgan fingerprint density at radius 2 is 1.89 bits per heavy atom. The second kappa shape index (κ2) is 8.37. The van der Waals surface area contributed by atoms with Gasteiger partial charge in [-0.25, -0.2) is 0 Å². The summed E-state index contributed by atoms with van der Waals surface area (Å²) < 4.78 is 9.78. The summed E-state index contributed by atoms with van der Waals surface area (Å²) in [5, 5.41) is 3.39. The number of carbonyl (C=O) groups is 2. The van der Waals surface area contributed by atoms with E-state index in [0.717, 1.165) is 0 Å². The van der Waals surface area contributed by atoms with E-state index in [4.69, 9.17) is 10.3 Å². The summed E-state index contributed by atoms with van der Waals surface area (Å²) in [5.41, 5.74) is 7.48. The van der Waals surface area contributed by atoms with Crippen LogP contribution in [0.3, 0.4) is 0 Å². The number of methoxy groups -OCH3 is 1. The van der Waals surface area contributed by atoms with Gasteiger partial charge in [-0.1, -0.05) is 11.5 Å². The first-order valence-electron chi connectivity index (χ1n) is 6.13. The van der Waals surface area contributed by atoms with E-state index in [2.05, 4.69) is 14.8 Å². The number of rotatable bonds is 7. The van der Waals surface area contributed by atoms with Crippen molar-refractivity contribution in [3.05, 3.63) is 10.4 Å². The third-order valence-corrected chi connectivity index (χ3v) is 2.24. The second-order valence-corrected chi connectivity index (χ2v) is 5.06. The van der Waals surface area contributed by atoms with Gasteiger partial charge in [0.15, 0.2) is 5.92 Å². The number of hydrogen-bond acceptors (Lipinski definition) is 5. The molecule has 0 rings (SSSR count). The molecule has 19 heavy (non-hydrogen) atoms. The molecule has 0 aromatic heterocycles. The van der Waals surface area contributed by atoms with Crippen LogP contribution >= 0.6 is 0 Å². The molecule has 0 heterocycles. The Hall–Kier alpha value is -1.75. The van der Waals surface area contributed by atoms with E-state index in [9.17, 15) is 9.59 Å². The number of ether oxygens (including phenoxy) is 2. The van der Waals surface area contributed by atoms with E-state index in [-0.39, 0.29) is 0 Å². The van der Waals surface area contributed by atoms with Gasteiger partial charge in [0.25, 0.3) is 0 Å². The van der Waals surface area contributed by atoms with E-state index in [1.807, 2.05) is 0 Å². The summed E-state index contributed by atoms with van der Waals surface area (Å²) in [7, 11) is 1.24. The fourth-order valence-corrected chi connectivity index (χ4v) is 1.42. The van der Waals surface area contributed by atoms with E-state index < -0.39 is 23.5 Å². The van der Waals surface area contributed by atoms with Crippen molar-refractivity contribution in [2.75, 3.05) is 13.7 Å². The summed E-state index contributed by atoms with van der Waals surface area (Å²) in [6, 6.07) is 0. The summed E-state index contributed by atoms with van der Waals surface area (Å²) in [6.07, 6.45) is 1.51. The normalized spacial score (nSPS) is 12.2. The van der Waals surface area contributed by atoms with Crippen LogP contribution in [0.4, 0.5) is 0 Å². The average Bonchev–Trinajstić information content (AvgIpc) is 2.30. The minimum absolute atomic E-state index is 0.322. The molecule has 0 aromatic carbocycles. The molecule has 0 N–H and O–H groups in total. The molecule has 0 spiro atoms. The third kappa shape index (κ3) is 8.05. The molecular formula is C12H21N3O4. The Kier molecular flexibility index (Phi) is 7.60. The molecule has 0 saturated carbocycles. The van der Waals surface area contributed by atoms with Crippen molar-refractivity contribution in [3.63, 3.8) is 0 Å². The van der Waals surface area contributed by atoms with Gasteiger partial charge in [-0.2, -0.15) is 0 Å². The summed E-state index contributed by atoms with van der Waals surface area (Å²) in [6.45, 7) is 5.56. The predicted molar refractivity (Wildman–Crippen MR) is 69.2 cm³/mol. The molecule has 0 aliphatic heterocycles. The van der Waals surface area contributed by atoms with Gasteiger partial charge < -0.3 is 9.47 Å². The number of azide groups is 1. The largest absolute Gasteiger partial charge is 0.468 e. The van der Waals surface area contributed by atoms with Crippen LogP contribution in [0.25, 0.3) is 10.4 Å². The van der Waals surface area contributed by atoms with E-state index >= 15 is 0 Å². The van der Waals surface area contributed by atoms with Crippen LogP contribution in [0.15, 0.2) is 5.11 Å². The van der Waals surface area contributed by atoms with Gasteiger partial charge in [-0.3, -0.25) is 9.59 Å². The van der Waals surface area contributed by atoms with Crippen molar-refractivity contribution < 1.29 is 19.1 Å². The van der Waals surface area contributed by atoms with Gasteiger partial charge in [-0.15, -0.1) is 0 Å². The molecule has 0 amide bonds. The molecule has 7 nitrogen and oxygen atoms in total. The van der Waals surface area contributed by atoms with Crippen molar-refractivity contribution >= 4 is 11.9 Å². The molecule has 0 saturated heterocycles.